The molecule has 0 aliphatic carbocycles. The molecular weight excluding hydrogens is 450 g/mol. The van der Waals surface area contributed by atoms with Gasteiger partial charge in [-0.05, 0) is 66.6 Å². The molecule has 0 radical (unpaired) electrons. The van der Waals surface area contributed by atoms with E-state index in [-0.39, 0.29) is 23.3 Å². The molecule has 1 N–H and O–H groups in total. The minimum Gasteiger partial charge on any atom is -0.341 e. The highest BCUT2D eigenvalue weighted by molar-refractivity contribution is 7.89. The molecule has 2 aliphatic rings. The van der Waals surface area contributed by atoms with Crippen molar-refractivity contribution < 1.29 is 18.0 Å². The molecule has 172 valence electrons. The lowest BCUT2D eigenvalue weighted by Crippen LogP contribution is -2.55. The van der Waals surface area contributed by atoms with Crippen LogP contribution < -0.4 is 4.72 Å². The Balaban J connectivity index is 1.44. The van der Waals surface area contributed by atoms with Gasteiger partial charge in [-0.3, -0.25) is 9.59 Å². The topological polar surface area (TPSA) is 86.8 Å². The predicted molar refractivity (Wildman–Crippen MR) is 124 cm³/mol. The molecular formula is C23H28ClN3O4S. The van der Waals surface area contributed by atoms with E-state index in [0.717, 1.165) is 23.6 Å². The molecule has 7 nitrogen and oxygen atoms in total. The van der Waals surface area contributed by atoms with Gasteiger partial charge in [0.05, 0.1) is 11.4 Å². The minimum absolute atomic E-state index is 0.000511. The molecule has 2 atom stereocenters. The maximum absolute atomic E-state index is 13.0. The molecule has 32 heavy (non-hydrogen) atoms. The molecule has 9 heteroatoms. The molecule has 4 rings (SSSR count). The summed E-state index contributed by atoms with van der Waals surface area (Å²) in [4.78, 5) is 29.1. The number of piperidine rings is 2. The molecule has 2 fully saturated rings. The summed E-state index contributed by atoms with van der Waals surface area (Å²) in [5, 5.41) is 2.16. The molecule has 2 amide bonds. The van der Waals surface area contributed by atoms with E-state index in [1.54, 1.807) is 30.3 Å². The number of nitrogens with zero attached hydrogens (tertiary/aromatic N) is 2. The largest absolute Gasteiger partial charge is 0.341 e. The predicted octanol–water partition coefficient (Wildman–Crippen LogP) is 3.02. The zero-order valence-electron chi connectivity index (χ0n) is 18.1. The normalized spacial score (nSPS) is 22.4. The van der Waals surface area contributed by atoms with Crippen LogP contribution in [-0.2, 0) is 19.6 Å². The summed E-state index contributed by atoms with van der Waals surface area (Å²) in [6.45, 7) is 4.01. The van der Waals surface area contributed by atoms with Gasteiger partial charge in [-0.25, -0.2) is 8.42 Å². The lowest BCUT2D eigenvalue weighted by Gasteiger charge is -2.35. The first-order valence-electron chi connectivity index (χ1n) is 11.0. The summed E-state index contributed by atoms with van der Waals surface area (Å²) in [5.74, 6) is 0.0506. The van der Waals surface area contributed by atoms with Crippen LogP contribution in [0.1, 0.15) is 32.6 Å². The van der Waals surface area contributed by atoms with Crippen LogP contribution in [0, 0.1) is 5.92 Å². The average Bonchev–Trinajstić information content (AvgIpc) is 2.76. The first-order valence-corrected chi connectivity index (χ1v) is 12.9. The van der Waals surface area contributed by atoms with Crippen molar-refractivity contribution in [2.24, 2.45) is 5.92 Å². The van der Waals surface area contributed by atoms with Crippen molar-refractivity contribution >= 4 is 44.2 Å². The minimum atomic E-state index is -3.90. The number of sulfonamides is 1. The van der Waals surface area contributed by atoms with Crippen LogP contribution in [0.4, 0.5) is 0 Å². The van der Waals surface area contributed by atoms with Crippen molar-refractivity contribution in [3.05, 3.63) is 41.4 Å². The first-order chi connectivity index (χ1) is 15.2. The summed E-state index contributed by atoms with van der Waals surface area (Å²) in [7, 11) is -3.90. The lowest BCUT2D eigenvalue weighted by atomic mass is 10.00. The molecule has 2 aromatic carbocycles. The number of carbonyl (C=O) groups excluding carboxylic acids is 2. The zero-order valence-corrected chi connectivity index (χ0v) is 19.7. The Morgan fingerprint density at radius 2 is 1.81 bits per heavy atom. The van der Waals surface area contributed by atoms with Crippen LogP contribution in [0.25, 0.3) is 10.8 Å². The van der Waals surface area contributed by atoms with E-state index in [0.29, 0.717) is 43.4 Å². The van der Waals surface area contributed by atoms with Crippen LogP contribution in [-0.4, -0.2) is 62.3 Å². The van der Waals surface area contributed by atoms with E-state index in [9.17, 15) is 18.0 Å². The van der Waals surface area contributed by atoms with Crippen molar-refractivity contribution in [1.29, 1.82) is 0 Å². The molecule has 2 aliphatic heterocycles. The number of halogens is 1. The lowest BCUT2D eigenvalue weighted by molar-refractivity contribution is -0.144. The van der Waals surface area contributed by atoms with Crippen molar-refractivity contribution in [3.8, 4) is 0 Å². The third-order valence-corrected chi connectivity index (χ3v) is 7.95. The van der Waals surface area contributed by atoms with Gasteiger partial charge in [0.2, 0.25) is 21.8 Å². The summed E-state index contributed by atoms with van der Waals surface area (Å²) < 4.78 is 28.5. The van der Waals surface area contributed by atoms with Gasteiger partial charge in [0.25, 0.3) is 0 Å². The van der Waals surface area contributed by atoms with E-state index in [1.807, 2.05) is 4.90 Å². The Morgan fingerprint density at radius 3 is 2.59 bits per heavy atom. The maximum atomic E-state index is 13.0. The highest BCUT2D eigenvalue weighted by atomic mass is 35.5. The third-order valence-electron chi connectivity index (χ3n) is 6.25. The summed E-state index contributed by atoms with van der Waals surface area (Å²) in [6, 6.07) is 9.13. The molecule has 2 heterocycles. The van der Waals surface area contributed by atoms with Crippen molar-refractivity contribution in [3.63, 3.8) is 0 Å². The Labute approximate surface area is 193 Å². The number of benzene rings is 2. The summed E-state index contributed by atoms with van der Waals surface area (Å²) >= 11 is 6.00. The molecule has 2 aromatic rings. The summed E-state index contributed by atoms with van der Waals surface area (Å²) in [6.07, 6.45) is 3.13. The van der Waals surface area contributed by atoms with Crippen molar-refractivity contribution in [2.75, 3.05) is 26.2 Å². The quantitative estimate of drug-likeness (QED) is 0.717. The Bertz CT molecular complexity index is 1140. The Hall–Kier alpha value is -2.16. The average molecular weight is 478 g/mol. The Morgan fingerprint density at radius 1 is 1.09 bits per heavy atom. The number of rotatable bonds is 5. The van der Waals surface area contributed by atoms with Gasteiger partial charge in [0, 0.05) is 24.7 Å². The van der Waals surface area contributed by atoms with E-state index >= 15 is 0 Å². The number of nitrogens with one attached hydrogen (secondary N) is 1. The second kappa shape index (κ2) is 9.37. The highest BCUT2D eigenvalue weighted by Crippen LogP contribution is 2.24. The van der Waals surface area contributed by atoms with Crippen LogP contribution in [0.15, 0.2) is 41.3 Å². The van der Waals surface area contributed by atoms with Crippen LogP contribution in [0.2, 0.25) is 5.02 Å². The fourth-order valence-electron chi connectivity index (χ4n) is 4.50. The van der Waals surface area contributed by atoms with Gasteiger partial charge < -0.3 is 9.80 Å². The number of hydrogen-bond donors (Lipinski definition) is 1. The third kappa shape index (κ3) is 5.08. The fourth-order valence-corrected chi connectivity index (χ4v) is 5.94. The summed E-state index contributed by atoms with van der Waals surface area (Å²) in [5.41, 5.74) is 0. The highest BCUT2D eigenvalue weighted by Gasteiger charge is 2.34. The van der Waals surface area contributed by atoms with Gasteiger partial charge in [0.1, 0.15) is 6.04 Å². The van der Waals surface area contributed by atoms with Crippen LogP contribution in [0.3, 0.4) is 0 Å². The molecule has 0 spiro atoms. The number of amides is 2. The second-order valence-corrected chi connectivity index (χ2v) is 11.0. The van der Waals surface area contributed by atoms with Gasteiger partial charge >= 0.3 is 0 Å². The smallest absolute Gasteiger partial charge is 0.242 e. The fraction of sp³-hybridized carbons (Fsp3) is 0.478. The van der Waals surface area contributed by atoms with Gasteiger partial charge in [-0.15, -0.1) is 0 Å². The van der Waals surface area contributed by atoms with Crippen LogP contribution in [0.5, 0.6) is 0 Å². The van der Waals surface area contributed by atoms with Gasteiger partial charge in [0.15, 0.2) is 0 Å². The SMILES string of the molecule is CC1CCCN(C(=O)CN2CCC[C@H](NS(=O)(=O)c3ccc4cc(Cl)ccc4c3)C2=O)C1. The van der Waals surface area contributed by atoms with Crippen molar-refractivity contribution in [1.82, 2.24) is 14.5 Å². The maximum Gasteiger partial charge on any atom is 0.242 e. The van der Waals surface area contributed by atoms with Crippen LogP contribution >= 0.6 is 11.6 Å². The molecule has 0 bridgehead atoms. The standard InChI is InChI=1S/C23H28ClN3O4S/c1-16-4-2-10-26(14-16)22(28)15-27-11-3-5-21(23(27)29)25-32(30,31)20-9-7-17-12-19(24)8-6-18(17)13-20/h6-9,12-13,16,21,25H,2-5,10-11,14-15H2,1H3/t16?,21-/m0/s1. The Kier molecular flexibility index (Phi) is 6.74. The van der Waals surface area contributed by atoms with E-state index in [2.05, 4.69) is 11.6 Å². The first kappa shape index (κ1) is 23.0. The molecule has 0 aromatic heterocycles. The van der Waals surface area contributed by atoms with Crippen molar-refractivity contribution in [2.45, 2.75) is 43.5 Å². The number of fused-ring (bicyclic) bond motifs is 1. The number of hydrogen-bond acceptors (Lipinski definition) is 4. The van der Waals surface area contributed by atoms with E-state index in [4.69, 9.17) is 11.6 Å². The van der Waals surface area contributed by atoms with E-state index < -0.39 is 16.1 Å². The second-order valence-electron chi connectivity index (χ2n) is 8.82. The molecule has 1 unspecified atom stereocenters. The van der Waals surface area contributed by atoms with E-state index in [1.165, 1.54) is 11.0 Å². The number of likely N-dealkylation sites (tertiary alicyclic amines) is 2. The molecule has 0 saturated carbocycles. The monoisotopic (exact) mass is 477 g/mol. The van der Waals surface area contributed by atoms with Gasteiger partial charge in [-0.2, -0.15) is 4.72 Å². The molecule has 2 saturated heterocycles. The number of carbonyl (C=O) groups is 2. The van der Waals surface area contributed by atoms with Gasteiger partial charge in [-0.1, -0.05) is 30.7 Å². The zero-order chi connectivity index (χ0) is 22.9.